The maximum Gasteiger partial charge on any atom is 0.191 e. The van der Waals surface area contributed by atoms with E-state index in [9.17, 15) is 0 Å². The van der Waals surface area contributed by atoms with Gasteiger partial charge in [-0.05, 0) is 41.9 Å². The number of halogens is 1. The topological polar surface area (TPSA) is 58.5 Å². The minimum absolute atomic E-state index is 0.00866. The van der Waals surface area contributed by atoms with Gasteiger partial charge < -0.3 is 15.4 Å². The molecule has 0 fully saturated rings. The van der Waals surface area contributed by atoms with Gasteiger partial charge in [0, 0.05) is 18.1 Å². The van der Waals surface area contributed by atoms with Crippen LogP contribution in [-0.4, -0.2) is 30.6 Å². The fourth-order valence-corrected chi connectivity index (χ4v) is 3.01. The predicted octanol–water partition coefficient (Wildman–Crippen LogP) is 3.35. The fourth-order valence-electron chi connectivity index (χ4n) is 1.90. The first kappa shape index (κ1) is 17.7. The highest BCUT2D eigenvalue weighted by Crippen LogP contribution is 2.24. The van der Waals surface area contributed by atoms with Crippen LogP contribution in [0.4, 0.5) is 0 Å². The van der Waals surface area contributed by atoms with Gasteiger partial charge in [-0.25, -0.2) is 4.98 Å². The minimum Gasteiger partial charge on any atom is -0.488 e. The molecule has 0 radical (unpaired) electrons. The second kappa shape index (κ2) is 8.88. The second-order valence-electron chi connectivity index (χ2n) is 5.03. The molecule has 1 unspecified atom stereocenters. The van der Waals surface area contributed by atoms with Crippen LogP contribution in [0.3, 0.4) is 0 Å². The smallest absolute Gasteiger partial charge is 0.191 e. The van der Waals surface area contributed by atoms with Crippen molar-refractivity contribution in [2.45, 2.75) is 26.5 Å². The van der Waals surface area contributed by atoms with Crippen molar-refractivity contribution < 1.29 is 4.74 Å². The van der Waals surface area contributed by atoms with E-state index in [0.29, 0.717) is 13.1 Å². The van der Waals surface area contributed by atoms with E-state index in [-0.39, 0.29) is 6.10 Å². The molecule has 0 saturated heterocycles. The van der Waals surface area contributed by atoms with Crippen LogP contribution in [-0.2, 0) is 6.54 Å². The van der Waals surface area contributed by atoms with Gasteiger partial charge >= 0.3 is 0 Å². The van der Waals surface area contributed by atoms with Crippen molar-refractivity contribution in [1.29, 1.82) is 0 Å². The Kier molecular flexibility index (Phi) is 6.85. The number of hydrogen-bond donors (Lipinski definition) is 2. The van der Waals surface area contributed by atoms with E-state index in [1.54, 1.807) is 18.4 Å². The lowest BCUT2D eigenvalue weighted by molar-refractivity contribution is 0.222. The molecular weight excluding hydrogens is 376 g/mol. The molecule has 2 aromatic rings. The van der Waals surface area contributed by atoms with Crippen LogP contribution in [0.2, 0.25) is 0 Å². The van der Waals surface area contributed by atoms with E-state index in [0.717, 1.165) is 21.2 Å². The number of thiazole rings is 1. The lowest BCUT2D eigenvalue weighted by atomic mass is 10.3. The third kappa shape index (κ3) is 5.84. The Morgan fingerprint density at radius 2 is 2.17 bits per heavy atom. The molecule has 0 aliphatic rings. The molecule has 0 amide bonds. The highest BCUT2D eigenvalue weighted by atomic mass is 79.9. The minimum atomic E-state index is 0.00866. The summed E-state index contributed by atoms with van der Waals surface area (Å²) in [4.78, 5) is 9.75. The van der Waals surface area contributed by atoms with Crippen LogP contribution in [0, 0.1) is 6.92 Å². The van der Waals surface area contributed by atoms with Gasteiger partial charge in [0.05, 0.1) is 17.6 Å². The molecule has 23 heavy (non-hydrogen) atoms. The summed E-state index contributed by atoms with van der Waals surface area (Å²) in [7, 11) is 1.75. The standard InChI is InChI=1S/C16H21BrN4OS/c1-11(22-14-7-5-4-6-13(14)17)8-20-16(18-3)21-10-15-19-9-12(2)23-15/h4-7,9,11H,8,10H2,1-3H3,(H2,18,20,21). The lowest BCUT2D eigenvalue weighted by Gasteiger charge is -2.18. The number of nitrogens with one attached hydrogen (secondary N) is 2. The van der Waals surface area contributed by atoms with Gasteiger partial charge in [0.2, 0.25) is 0 Å². The Balaban J connectivity index is 1.77. The molecule has 1 aromatic carbocycles. The van der Waals surface area contributed by atoms with Crippen LogP contribution in [0.1, 0.15) is 16.8 Å². The first-order valence-electron chi connectivity index (χ1n) is 7.35. The molecule has 0 saturated carbocycles. The van der Waals surface area contributed by atoms with E-state index >= 15 is 0 Å². The van der Waals surface area contributed by atoms with Gasteiger partial charge in [-0.1, -0.05) is 12.1 Å². The van der Waals surface area contributed by atoms with Gasteiger partial charge in [0.15, 0.2) is 5.96 Å². The van der Waals surface area contributed by atoms with Gasteiger partial charge in [0.25, 0.3) is 0 Å². The molecular formula is C16H21BrN4OS. The average Bonchev–Trinajstić information content (AvgIpc) is 2.95. The van der Waals surface area contributed by atoms with Gasteiger partial charge in [-0.3, -0.25) is 4.99 Å². The average molecular weight is 397 g/mol. The molecule has 2 rings (SSSR count). The zero-order chi connectivity index (χ0) is 16.7. The molecule has 124 valence electrons. The maximum absolute atomic E-state index is 5.90. The zero-order valence-electron chi connectivity index (χ0n) is 13.5. The summed E-state index contributed by atoms with van der Waals surface area (Å²) in [5.74, 6) is 1.57. The van der Waals surface area contributed by atoms with Crippen molar-refractivity contribution in [3.05, 3.63) is 44.8 Å². The Morgan fingerprint density at radius 3 is 2.83 bits per heavy atom. The van der Waals surface area contributed by atoms with Crippen LogP contribution in [0.15, 0.2) is 39.9 Å². The number of nitrogens with zero attached hydrogens (tertiary/aromatic N) is 2. The van der Waals surface area contributed by atoms with Crippen molar-refractivity contribution in [3.8, 4) is 5.75 Å². The summed E-state index contributed by atoms with van der Waals surface area (Å²) in [6.45, 7) is 5.38. The van der Waals surface area contributed by atoms with Crippen LogP contribution in [0.5, 0.6) is 5.75 Å². The normalized spacial score (nSPS) is 12.8. The van der Waals surface area contributed by atoms with Crippen molar-refractivity contribution >= 4 is 33.2 Å². The summed E-state index contributed by atoms with van der Waals surface area (Å²) >= 11 is 5.17. The SMILES string of the molecule is CN=C(NCc1ncc(C)s1)NCC(C)Oc1ccccc1Br. The second-order valence-corrected chi connectivity index (χ2v) is 7.20. The van der Waals surface area contributed by atoms with E-state index in [1.807, 2.05) is 37.4 Å². The zero-order valence-corrected chi connectivity index (χ0v) is 15.9. The van der Waals surface area contributed by atoms with Crippen LogP contribution in [0.25, 0.3) is 0 Å². The molecule has 1 heterocycles. The third-order valence-corrected chi connectivity index (χ3v) is 4.59. The van der Waals surface area contributed by atoms with E-state index in [2.05, 4.69) is 43.5 Å². The summed E-state index contributed by atoms with van der Waals surface area (Å²) < 4.78 is 6.86. The maximum atomic E-state index is 5.90. The Hall–Kier alpha value is -1.60. The van der Waals surface area contributed by atoms with Gasteiger partial charge in [-0.15, -0.1) is 11.3 Å². The number of guanidine groups is 1. The Bertz CT molecular complexity index is 659. The van der Waals surface area contributed by atoms with Crippen molar-refractivity contribution in [3.63, 3.8) is 0 Å². The highest BCUT2D eigenvalue weighted by molar-refractivity contribution is 9.10. The van der Waals surface area contributed by atoms with Crippen molar-refractivity contribution in [2.75, 3.05) is 13.6 Å². The molecule has 0 bridgehead atoms. The first-order chi connectivity index (χ1) is 11.1. The number of aryl methyl sites for hydroxylation is 1. The Labute approximate surface area is 149 Å². The lowest BCUT2D eigenvalue weighted by Crippen LogP contribution is -2.41. The number of rotatable bonds is 6. The number of aromatic nitrogens is 1. The van der Waals surface area contributed by atoms with Crippen molar-refractivity contribution in [2.24, 2.45) is 4.99 Å². The number of benzene rings is 1. The molecule has 5 nitrogen and oxygen atoms in total. The van der Waals surface area contributed by atoms with Crippen molar-refractivity contribution in [1.82, 2.24) is 15.6 Å². The first-order valence-corrected chi connectivity index (χ1v) is 8.96. The third-order valence-electron chi connectivity index (χ3n) is 3.02. The number of hydrogen-bond acceptors (Lipinski definition) is 4. The summed E-state index contributed by atoms with van der Waals surface area (Å²) in [6.07, 6.45) is 1.89. The molecule has 2 N–H and O–H groups in total. The summed E-state index contributed by atoms with van der Waals surface area (Å²) in [6, 6.07) is 7.83. The Morgan fingerprint density at radius 1 is 1.39 bits per heavy atom. The van der Waals surface area contributed by atoms with Gasteiger partial charge in [0.1, 0.15) is 16.9 Å². The fraction of sp³-hybridized carbons (Fsp3) is 0.375. The highest BCUT2D eigenvalue weighted by Gasteiger charge is 2.08. The number of para-hydroxylation sites is 1. The van der Waals surface area contributed by atoms with Crippen LogP contribution >= 0.6 is 27.3 Å². The number of aliphatic imine (C=N–C) groups is 1. The number of ether oxygens (including phenoxy) is 1. The predicted molar refractivity (Wildman–Crippen MR) is 99.3 cm³/mol. The van der Waals surface area contributed by atoms with Gasteiger partial charge in [-0.2, -0.15) is 0 Å². The molecule has 0 aliphatic carbocycles. The molecule has 1 aromatic heterocycles. The van der Waals surface area contributed by atoms with E-state index in [1.165, 1.54) is 4.88 Å². The molecule has 1 atom stereocenters. The van der Waals surface area contributed by atoms with Crippen LogP contribution < -0.4 is 15.4 Å². The van der Waals surface area contributed by atoms with E-state index in [4.69, 9.17) is 4.74 Å². The molecule has 7 heteroatoms. The summed E-state index contributed by atoms with van der Waals surface area (Å²) in [5, 5.41) is 7.56. The largest absolute Gasteiger partial charge is 0.488 e. The quantitative estimate of drug-likeness (QED) is 0.580. The molecule has 0 spiro atoms. The van der Waals surface area contributed by atoms with E-state index < -0.39 is 0 Å². The monoisotopic (exact) mass is 396 g/mol. The summed E-state index contributed by atoms with van der Waals surface area (Å²) in [5.41, 5.74) is 0. The molecule has 0 aliphatic heterocycles.